The number of nitrogens with zero attached hydrogens (tertiary/aromatic N) is 7. The van der Waals surface area contributed by atoms with Crippen LogP contribution in [0.15, 0.2) is 24.5 Å². The van der Waals surface area contributed by atoms with Gasteiger partial charge in [-0.15, -0.1) is 5.10 Å². The van der Waals surface area contributed by atoms with Gasteiger partial charge in [-0.05, 0) is 64.5 Å². The number of hydrogen-bond donors (Lipinski definition) is 0. The molecule has 8 nitrogen and oxygen atoms in total. The highest BCUT2D eigenvalue weighted by Crippen LogP contribution is 2.25. The van der Waals surface area contributed by atoms with E-state index in [-0.39, 0.29) is 5.92 Å². The third kappa shape index (κ3) is 4.03. The van der Waals surface area contributed by atoms with E-state index in [0.29, 0.717) is 11.9 Å². The van der Waals surface area contributed by atoms with E-state index < -0.39 is 0 Å². The van der Waals surface area contributed by atoms with Crippen LogP contribution in [0, 0.1) is 5.92 Å². The molecule has 0 bridgehead atoms. The summed E-state index contributed by atoms with van der Waals surface area (Å²) < 4.78 is 1.81. The molecular weight excluding hydrogens is 378 g/mol. The number of piperidine rings is 2. The molecule has 1 atom stereocenters. The number of amides is 1. The molecule has 1 amide bonds. The Balaban J connectivity index is 1.16. The summed E-state index contributed by atoms with van der Waals surface area (Å²) in [6.45, 7) is 7.72. The van der Waals surface area contributed by atoms with Gasteiger partial charge < -0.3 is 14.7 Å². The molecule has 5 heterocycles. The number of rotatable bonds is 3. The van der Waals surface area contributed by atoms with Crippen LogP contribution in [0.3, 0.4) is 0 Å². The number of piperazine rings is 1. The van der Waals surface area contributed by atoms with Gasteiger partial charge in [-0.1, -0.05) is 0 Å². The fourth-order valence-electron chi connectivity index (χ4n) is 5.29. The molecule has 2 aromatic heterocycles. The van der Waals surface area contributed by atoms with Gasteiger partial charge in [0.2, 0.25) is 5.91 Å². The second-order valence-electron chi connectivity index (χ2n) is 9.10. The lowest BCUT2D eigenvalue weighted by molar-refractivity contribution is -0.138. The molecule has 8 heteroatoms. The Labute approximate surface area is 178 Å². The van der Waals surface area contributed by atoms with Crippen LogP contribution in [0.1, 0.15) is 25.7 Å². The van der Waals surface area contributed by atoms with E-state index in [2.05, 4.69) is 36.7 Å². The van der Waals surface area contributed by atoms with Crippen LogP contribution in [-0.4, -0.2) is 101 Å². The molecule has 0 radical (unpaired) electrons. The monoisotopic (exact) mass is 411 g/mol. The van der Waals surface area contributed by atoms with Crippen LogP contribution in [0.4, 0.5) is 5.82 Å². The van der Waals surface area contributed by atoms with Crippen LogP contribution >= 0.6 is 0 Å². The lowest BCUT2D eigenvalue weighted by Gasteiger charge is -2.43. The number of fused-ring (bicyclic) bond motifs is 1. The molecular formula is C22H33N7O. The number of likely N-dealkylation sites (tertiary alicyclic amines) is 2. The average Bonchev–Trinajstić information content (AvgIpc) is 3.27. The summed E-state index contributed by atoms with van der Waals surface area (Å²) in [4.78, 5) is 26.9. The zero-order valence-corrected chi connectivity index (χ0v) is 18.0. The third-order valence-electron chi connectivity index (χ3n) is 7.16. The van der Waals surface area contributed by atoms with Crippen molar-refractivity contribution in [3.63, 3.8) is 0 Å². The van der Waals surface area contributed by atoms with Crippen LogP contribution < -0.4 is 4.90 Å². The molecule has 162 valence electrons. The van der Waals surface area contributed by atoms with E-state index in [1.54, 1.807) is 6.20 Å². The minimum absolute atomic E-state index is 0.172. The molecule has 0 unspecified atom stereocenters. The first-order valence-electron chi connectivity index (χ1n) is 11.4. The first-order valence-corrected chi connectivity index (χ1v) is 11.4. The van der Waals surface area contributed by atoms with Crippen LogP contribution in [0.2, 0.25) is 0 Å². The lowest BCUT2D eigenvalue weighted by atomic mass is 9.92. The van der Waals surface area contributed by atoms with Gasteiger partial charge in [-0.2, -0.15) is 0 Å². The Morgan fingerprint density at radius 1 is 1.00 bits per heavy atom. The summed E-state index contributed by atoms with van der Waals surface area (Å²) in [7, 11) is 2.21. The predicted octanol–water partition coefficient (Wildman–Crippen LogP) is 1.18. The van der Waals surface area contributed by atoms with Crippen LogP contribution in [0.5, 0.6) is 0 Å². The van der Waals surface area contributed by atoms with Crippen molar-refractivity contribution < 1.29 is 4.79 Å². The minimum atomic E-state index is 0.172. The zero-order valence-electron chi connectivity index (χ0n) is 18.0. The molecule has 0 aliphatic carbocycles. The van der Waals surface area contributed by atoms with Gasteiger partial charge >= 0.3 is 0 Å². The van der Waals surface area contributed by atoms with Crippen molar-refractivity contribution in [3.05, 3.63) is 24.5 Å². The number of carbonyl (C=O) groups is 1. The summed E-state index contributed by atoms with van der Waals surface area (Å²) in [6, 6.07) is 4.69. The SMILES string of the molecule is CN1CCC(N2CCC[C@@H](C(=O)N3CCN(c4ccc5nccn5n4)CC3)C2)CC1. The molecule has 5 rings (SSSR count). The molecule has 0 N–H and O–H groups in total. The number of aromatic nitrogens is 3. The molecule has 2 aromatic rings. The molecule has 3 aliphatic heterocycles. The van der Waals surface area contributed by atoms with Gasteiger partial charge in [0.1, 0.15) is 5.82 Å². The maximum atomic E-state index is 13.3. The van der Waals surface area contributed by atoms with Gasteiger partial charge in [-0.25, -0.2) is 9.50 Å². The highest BCUT2D eigenvalue weighted by Gasteiger charge is 2.34. The van der Waals surface area contributed by atoms with E-state index >= 15 is 0 Å². The van der Waals surface area contributed by atoms with Crippen molar-refractivity contribution in [3.8, 4) is 0 Å². The highest BCUT2D eigenvalue weighted by atomic mass is 16.2. The Morgan fingerprint density at radius 2 is 1.80 bits per heavy atom. The zero-order chi connectivity index (χ0) is 20.5. The number of imidazole rings is 1. The Bertz CT molecular complexity index is 867. The Morgan fingerprint density at radius 3 is 2.60 bits per heavy atom. The van der Waals surface area contributed by atoms with Crippen molar-refractivity contribution in [2.24, 2.45) is 5.92 Å². The lowest BCUT2D eigenvalue weighted by Crippen LogP contribution is -2.54. The number of anilines is 1. The second-order valence-corrected chi connectivity index (χ2v) is 9.10. The van der Waals surface area contributed by atoms with Gasteiger partial charge in [0.25, 0.3) is 0 Å². The van der Waals surface area contributed by atoms with Gasteiger partial charge in [-0.3, -0.25) is 9.69 Å². The van der Waals surface area contributed by atoms with Crippen molar-refractivity contribution in [2.75, 3.05) is 64.3 Å². The normalized spacial score (nSPS) is 25.2. The quantitative estimate of drug-likeness (QED) is 0.756. The summed E-state index contributed by atoms with van der Waals surface area (Å²) in [6.07, 6.45) is 8.31. The van der Waals surface area contributed by atoms with Crippen molar-refractivity contribution >= 4 is 17.4 Å². The average molecular weight is 412 g/mol. The van der Waals surface area contributed by atoms with Gasteiger partial charge in [0.05, 0.1) is 5.92 Å². The molecule has 0 saturated carbocycles. The Kier molecular flexibility index (Phi) is 5.60. The minimum Gasteiger partial charge on any atom is -0.352 e. The standard InChI is InChI=1S/C22H33N7O/c1-25-10-6-19(7-11-25)28-9-2-3-18(17-28)22(30)27-15-13-26(14-16-27)21-5-4-20-23-8-12-29(20)24-21/h4-5,8,12,18-19H,2-3,6-7,9-11,13-17H2,1H3/t18-/m1/s1. The molecule has 0 aromatic carbocycles. The Hall–Kier alpha value is -2.19. The fourth-order valence-corrected chi connectivity index (χ4v) is 5.29. The fraction of sp³-hybridized carbons (Fsp3) is 0.682. The van der Waals surface area contributed by atoms with Crippen LogP contribution in [-0.2, 0) is 4.79 Å². The number of hydrogen-bond acceptors (Lipinski definition) is 6. The van der Waals surface area contributed by atoms with E-state index in [9.17, 15) is 4.79 Å². The second kappa shape index (κ2) is 8.51. The first-order chi connectivity index (χ1) is 14.7. The summed E-state index contributed by atoms with van der Waals surface area (Å²) in [5, 5.41) is 4.65. The molecule has 3 aliphatic rings. The smallest absolute Gasteiger partial charge is 0.227 e. The van der Waals surface area contributed by atoms with E-state index in [0.717, 1.165) is 63.6 Å². The van der Waals surface area contributed by atoms with Crippen LogP contribution in [0.25, 0.3) is 5.65 Å². The summed E-state index contributed by atoms with van der Waals surface area (Å²) >= 11 is 0. The number of carbonyl (C=O) groups excluding carboxylic acids is 1. The molecule has 30 heavy (non-hydrogen) atoms. The van der Waals surface area contributed by atoms with Gasteiger partial charge in [0.15, 0.2) is 5.65 Å². The maximum absolute atomic E-state index is 13.3. The molecule has 3 saturated heterocycles. The molecule has 0 spiro atoms. The topological polar surface area (TPSA) is 60.2 Å². The maximum Gasteiger partial charge on any atom is 0.227 e. The summed E-state index contributed by atoms with van der Waals surface area (Å²) in [5.74, 6) is 1.49. The van der Waals surface area contributed by atoms with E-state index in [1.165, 1.54) is 25.9 Å². The van der Waals surface area contributed by atoms with Gasteiger partial charge in [0, 0.05) is 51.2 Å². The van der Waals surface area contributed by atoms with E-state index in [4.69, 9.17) is 0 Å². The molecule has 3 fully saturated rings. The summed E-state index contributed by atoms with van der Waals surface area (Å²) in [5.41, 5.74) is 0.860. The van der Waals surface area contributed by atoms with Crippen molar-refractivity contribution in [2.45, 2.75) is 31.7 Å². The predicted molar refractivity (Wildman–Crippen MR) is 117 cm³/mol. The van der Waals surface area contributed by atoms with Crippen molar-refractivity contribution in [1.82, 2.24) is 29.3 Å². The first kappa shape index (κ1) is 19.8. The highest BCUT2D eigenvalue weighted by molar-refractivity contribution is 5.79. The third-order valence-corrected chi connectivity index (χ3v) is 7.16. The largest absolute Gasteiger partial charge is 0.352 e. The van der Waals surface area contributed by atoms with Crippen molar-refractivity contribution in [1.29, 1.82) is 0 Å². The van der Waals surface area contributed by atoms with E-state index in [1.807, 2.05) is 22.8 Å².